The van der Waals surface area contributed by atoms with Crippen LogP contribution in [0.3, 0.4) is 0 Å². The standard InChI is InChI=1S/C14H17ClN2O2/c1-3-17-9-10(8-16-17)6-13(18)12-5-4-11(15)7-14(12)19-2/h4-5,7-9,13,18H,3,6H2,1-2H3. The Morgan fingerprint density at radius 3 is 2.89 bits per heavy atom. The third-order valence-corrected chi connectivity index (χ3v) is 3.23. The van der Waals surface area contributed by atoms with E-state index in [1.807, 2.05) is 17.8 Å². The van der Waals surface area contributed by atoms with Crippen molar-refractivity contribution >= 4 is 11.6 Å². The third-order valence-electron chi connectivity index (χ3n) is 2.99. The predicted molar refractivity (Wildman–Crippen MR) is 74.6 cm³/mol. The summed E-state index contributed by atoms with van der Waals surface area (Å²) < 4.78 is 7.08. The van der Waals surface area contributed by atoms with Gasteiger partial charge in [0, 0.05) is 29.7 Å². The lowest BCUT2D eigenvalue weighted by atomic mass is 10.0. The monoisotopic (exact) mass is 280 g/mol. The van der Waals surface area contributed by atoms with Crippen molar-refractivity contribution in [2.24, 2.45) is 0 Å². The zero-order valence-electron chi connectivity index (χ0n) is 11.0. The van der Waals surface area contributed by atoms with Crippen molar-refractivity contribution in [2.75, 3.05) is 7.11 Å². The molecule has 1 heterocycles. The van der Waals surface area contributed by atoms with E-state index in [1.165, 1.54) is 0 Å². The Labute approximate surface area is 117 Å². The molecule has 102 valence electrons. The van der Waals surface area contributed by atoms with Crippen LogP contribution >= 0.6 is 11.6 Å². The molecule has 0 saturated carbocycles. The quantitative estimate of drug-likeness (QED) is 0.916. The first-order valence-electron chi connectivity index (χ1n) is 6.17. The van der Waals surface area contributed by atoms with Crippen molar-refractivity contribution in [3.05, 3.63) is 46.7 Å². The normalized spacial score (nSPS) is 12.4. The first kappa shape index (κ1) is 13.9. The predicted octanol–water partition coefficient (Wildman–Crippen LogP) is 2.84. The van der Waals surface area contributed by atoms with Crippen molar-refractivity contribution in [2.45, 2.75) is 26.0 Å². The minimum atomic E-state index is -0.637. The molecular weight excluding hydrogens is 264 g/mol. The highest BCUT2D eigenvalue weighted by atomic mass is 35.5. The van der Waals surface area contributed by atoms with Gasteiger partial charge in [-0.25, -0.2) is 0 Å². The van der Waals surface area contributed by atoms with Crippen molar-refractivity contribution in [3.63, 3.8) is 0 Å². The summed E-state index contributed by atoms with van der Waals surface area (Å²) in [5, 5.41) is 15.1. The Morgan fingerprint density at radius 1 is 1.47 bits per heavy atom. The highest BCUT2D eigenvalue weighted by Gasteiger charge is 2.15. The van der Waals surface area contributed by atoms with Gasteiger partial charge in [-0.3, -0.25) is 4.68 Å². The number of halogens is 1. The topological polar surface area (TPSA) is 47.3 Å². The number of methoxy groups -OCH3 is 1. The van der Waals surface area contributed by atoms with Gasteiger partial charge in [0.25, 0.3) is 0 Å². The summed E-state index contributed by atoms with van der Waals surface area (Å²) in [5.41, 5.74) is 1.72. The van der Waals surface area contributed by atoms with Gasteiger partial charge < -0.3 is 9.84 Å². The molecule has 0 amide bonds. The first-order valence-corrected chi connectivity index (χ1v) is 6.54. The van der Waals surface area contributed by atoms with Crippen LogP contribution in [0.25, 0.3) is 0 Å². The average molecular weight is 281 g/mol. The molecular formula is C14H17ClN2O2. The maximum atomic E-state index is 10.3. The molecule has 19 heavy (non-hydrogen) atoms. The average Bonchev–Trinajstić information content (AvgIpc) is 2.86. The van der Waals surface area contributed by atoms with E-state index in [2.05, 4.69) is 5.10 Å². The first-order chi connectivity index (χ1) is 9.13. The van der Waals surface area contributed by atoms with Crippen LogP contribution in [0.15, 0.2) is 30.6 Å². The number of nitrogens with zero attached hydrogens (tertiary/aromatic N) is 2. The molecule has 0 saturated heterocycles. The number of aromatic nitrogens is 2. The van der Waals surface area contributed by atoms with E-state index in [1.54, 1.807) is 31.5 Å². The molecule has 1 aromatic carbocycles. The van der Waals surface area contributed by atoms with Crippen LogP contribution in [0.5, 0.6) is 5.75 Å². The molecule has 1 unspecified atom stereocenters. The van der Waals surface area contributed by atoms with E-state index in [0.29, 0.717) is 17.2 Å². The molecule has 0 aliphatic carbocycles. The van der Waals surface area contributed by atoms with Gasteiger partial charge in [-0.15, -0.1) is 0 Å². The molecule has 5 heteroatoms. The van der Waals surface area contributed by atoms with Crippen LogP contribution in [0.1, 0.15) is 24.2 Å². The van der Waals surface area contributed by atoms with E-state index < -0.39 is 6.10 Å². The van der Waals surface area contributed by atoms with Crippen LogP contribution in [0, 0.1) is 0 Å². The summed E-state index contributed by atoms with van der Waals surface area (Å²) in [6.45, 7) is 2.84. The lowest BCUT2D eigenvalue weighted by Gasteiger charge is -2.14. The Hall–Kier alpha value is -1.52. The third kappa shape index (κ3) is 3.28. The Kier molecular flexibility index (Phi) is 4.45. The van der Waals surface area contributed by atoms with Crippen LogP contribution < -0.4 is 4.74 Å². The molecule has 1 N–H and O–H groups in total. The second kappa shape index (κ2) is 6.08. The lowest BCUT2D eigenvalue weighted by Crippen LogP contribution is -2.03. The molecule has 4 nitrogen and oxygen atoms in total. The highest BCUT2D eigenvalue weighted by molar-refractivity contribution is 6.30. The lowest BCUT2D eigenvalue weighted by molar-refractivity contribution is 0.174. The maximum Gasteiger partial charge on any atom is 0.126 e. The molecule has 0 aliphatic rings. The van der Waals surface area contributed by atoms with Crippen LogP contribution in [-0.4, -0.2) is 22.0 Å². The largest absolute Gasteiger partial charge is 0.496 e. The smallest absolute Gasteiger partial charge is 0.126 e. The Bertz CT molecular complexity index is 554. The van der Waals surface area contributed by atoms with Crippen molar-refractivity contribution in [1.82, 2.24) is 9.78 Å². The summed E-state index contributed by atoms with van der Waals surface area (Å²) in [6, 6.07) is 5.24. The number of ether oxygens (including phenoxy) is 1. The fraction of sp³-hybridized carbons (Fsp3) is 0.357. The zero-order valence-corrected chi connectivity index (χ0v) is 11.8. The van der Waals surface area contributed by atoms with Gasteiger partial charge in [0.05, 0.1) is 19.4 Å². The number of rotatable bonds is 5. The maximum absolute atomic E-state index is 10.3. The van der Waals surface area contributed by atoms with Gasteiger partial charge in [-0.2, -0.15) is 5.10 Å². The summed E-state index contributed by atoms with van der Waals surface area (Å²) in [5.74, 6) is 0.600. The molecule has 0 bridgehead atoms. The van der Waals surface area contributed by atoms with E-state index >= 15 is 0 Å². The van der Waals surface area contributed by atoms with E-state index in [0.717, 1.165) is 17.7 Å². The minimum absolute atomic E-state index is 0.498. The molecule has 0 fully saturated rings. The van der Waals surface area contributed by atoms with Gasteiger partial charge in [0.1, 0.15) is 5.75 Å². The summed E-state index contributed by atoms with van der Waals surface area (Å²) in [4.78, 5) is 0. The highest BCUT2D eigenvalue weighted by Crippen LogP contribution is 2.30. The zero-order chi connectivity index (χ0) is 13.8. The number of aryl methyl sites for hydroxylation is 1. The van der Waals surface area contributed by atoms with Crippen LogP contribution in [0.2, 0.25) is 5.02 Å². The van der Waals surface area contributed by atoms with Gasteiger partial charge in [-0.1, -0.05) is 17.7 Å². The fourth-order valence-electron chi connectivity index (χ4n) is 1.98. The molecule has 2 aromatic rings. The minimum Gasteiger partial charge on any atom is -0.496 e. The molecule has 1 atom stereocenters. The molecule has 1 aromatic heterocycles. The molecule has 2 rings (SSSR count). The summed E-state index contributed by atoms with van der Waals surface area (Å²) >= 11 is 5.91. The number of aliphatic hydroxyl groups is 1. The van der Waals surface area contributed by atoms with Crippen molar-refractivity contribution in [1.29, 1.82) is 0 Å². The molecule has 0 aliphatic heterocycles. The number of hydrogen-bond donors (Lipinski definition) is 1. The molecule has 0 spiro atoms. The Morgan fingerprint density at radius 2 is 2.26 bits per heavy atom. The van der Waals surface area contributed by atoms with E-state index in [-0.39, 0.29) is 0 Å². The summed E-state index contributed by atoms with van der Waals surface area (Å²) in [7, 11) is 1.57. The second-order valence-corrected chi connectivity index (χ2v) is 4.75. The number of hydrogen-bond acceptors (Lipinski definition) is 3. The number of aliphatic hydroxyl groups excluding tert-OH is 1. The SMILES string of the molecule is CCn1cc(CC(O)c2ccc(Cl)cc2OC)cn1. The molecule has 0 radical (unpaired) electrons. The van der Waals surface area contributed by atoms with Gasteiger partial charge >= 0.3 is 0 Å². The van der Waals surface area contributed by atoms with E-state index in [4.69, 9.17) is 16.3 Å². The van der Waals surface area contributed by atoms with Crippen molar-refractivity contribution in [3.8, 4) is 5.75 Å². The van der Waals surface area contributed by atoms with Crippen LogP contribution in [-0.2, 0) is 13.0 Å². The van der Waals surface area contributed by atoms with Crippen LogP contribution in [0.4, 0.5) is 0 Å². The summed E-state index contributed by atoms with van der Waals surface area (Å²) in [6.07, 6.45) is 3.57. The van der Waals surface area contributed by atoms with Crippen molar-refractivity contribution < 1.29 is 9.84 Å². The van der Waals surface area contributed by atoms with Gasteiger partial charge in [-0.05, 0) is 24.6 Å². The second-order valence-electron chi connectivity index (χ2n) is 4.31. The van der Waals surface area contributed by atoms with Gasteiger partial charge in [0.2, 0.25) is 0 Å². The fourth-order valence-corrected chi connectivity index (χ4v) is 2.14. The van der Waals surface area contributed by atoms with Gasteiger partial charge in [0.15, 0.2) is 0 Å². The Balaban J connectivity index is 2.17. The number of benzene rings is 1. The van der Waals surface area contributed by atoms with E-state index in [9.17, 15) is 5.11 Å².